The number of nitrogens with one attached hydrogen (secondary N) is 1. The van der Waals surface area contributed by atoms with E-state index in [1.165, 1.54) is 0 Å². The number of carbonyl (C=O) groups excluding carboxylic acids is 2. The van der Waals surface area contributed by atoms with Crippen molar-refractivity contribution < 1.29 is 9.59 Å². The fourth-order valence-electron chi connectivity index (χ4n) is 2.36. The molecule has 16 heavy (non-hydrogen) atoms. The topological polar surface area (TPSA) is 72.2 Å². The first kappa shape index (κ1) is 13.0. The maximum atomic E-state index is 11.1. The second-order valence-corrected chi connectivity index (χ2v) is 5.75. The first-order chi connectivity index (χ1) is 7.30. The molecule has 0 atom stereocenters. The molecule has 1 fully saturated rings. The van der Waals surface area contributed by atoms with E-state index in [2.05, 4.69) is 26.1 Å². The molecule has 3 N–H and O–H groups in total. The molecular formula is C12H22N2O2. The molecule has 0 bridgehead atoms. The van der Waals surface area contributed by atoms with Gasteiger partial charge in [-0.2, -0.15) is 0 Å². The molecule has 0 radical (unpaired) electrons. The average molecular weight is 226 g/mol. The molecule has 0 aromatic rings. The van der Waals surface area contributed by atoms with E-state index in [1.54, 1.807) is 0 Å². The number of rotatable bonds is 1. The Kier molecular flexibility index (Phi) is 3.94. The summed E-state index contributed by atoms with van der Waals surface area (Å²) in [5.41, 5.74) is 5.23. The normalized spacial score (nSPS) is 26.2. The first-order valence-corrected chi connectivity index (χ1v) is 5.91. The van der Waals surface area contributed by atoms with Crippen LogP contribution in [0.2, 0.25) is 0 Å². The fraction of sp³-hybridized carbons (Fsp3) is 0.833. The summed E-state index contributed by atoms with van der Waals surface area (Å²) in [7, 11) is 0. The first-order valence-electron chi connectivity index (χ1n) is 5.91. The maximum absolute atomic E-state index is 11.1. The molecule has 0 heterocycles. The molecule has 1 rings (SSSR count). The van der Waals surface area contributed by atoms with Crippen LogP contribution in [-0.2, 0) is 9.59 Å². The van der Waals surface area contributed by atoms with Gasteiger partial charge in [-0.05, 0) is 37.0 Å². The minimum absolute atomic E-state index is 0.124. The Morgan fingerprint density at radius 2 is 1.62 bits per heavy atom. The largest absolute Gasteiger partial charge is 0.361 e. The molecular weight excluding hydrogens is 204 g/mol. The highest BCUT2D eigenvalue weighted by molar-refractivity contribution is 6.34. The number of amides is 2. The zero-order valence-electron chi connectivity index (χ0n) is 10.4. The minimum Gasteiger partial charge on any atom is -0.361 e. The lowest BCUT2D eigenvalue weighted by Crippen LogP contribution is -2.44. The highest BCUT2D eigenvalue weighted by Crippen LogP contribution is 2.37. The van der Waals surface area contributed by atoms with Gasteiger partial charge in [-0.1, -0.05) is 20.8 Å². The van der Waals surface area contributed by atoms with Crippen molar-refractivity contribution in [2.24, 2.45) is 17.1 Å². The van der Waals surface area contributed by atoms with Crippen molar-refractivity contribution in [2.75, 3.05) is 0 Å². The molecule has 0 aliphatic heterocycles. The Labute approximate surface area is 97.0 Å². The van der Waals surface area contributed by atoms with Crippen molar-refractivity contribution in [3.8, 4) is 0 Å². The van der Waals surface area contributed by atoms with Gasteiger partial charge in [-0.3, -0.25) is 9.59 Å². The second kappa shape index (κ2) is 4.85. The minimum atomic E-state index is -0.891. The van der Waals surface area contributed by atoms with Gasteiger partial charge in [-0.15, -0.1) is 0 Å². The second-order valence-electron chi connectivity index (χ2n) is 5.75. The van der Waals surface area contributed by atoms with Crippen LogP contribution < -0.4 is 11.1 Å². The van der Waals surface area contributed by atoms with E-state index < -0.39 is 11.8 Å². The third kappa shape index (κ3) is 3.51. The van der Waals surface area contributed by atoms with Crippen LogP contribution in [0.1, 0.15) is 46.5 Å². The van der Waals surface area contributed by atoms with Crippen molar-refractivity contribution in [1.29, 1.82) is 0 Å². The zero-order valence-corrected chi connectivity index (χ0v) is 10.4. The Hall–Kier alpha value is -1.06. The van der Waals surface area contributed by atoms with Crippen LogP contribution in [-0.4, -0.2) is 17.9 Å². The van der Waals surface area contributed by atoms with Crippen molar-refractivity contribution in [3.05, 3.63) is 0 Å². The van der Waals surface area contributed by atoms with E-state index >= 15 is 0 Å². The summed E-state index contributed by atoms with van der Waals surface area (Å²) in [6.07, 6.45) is 4.10. The average Bonchev–Trinajstić information content (AvgIpc) is 2.17. The fourth-order valence-corrected chi connectivity index (χ4v) is 2.36. The van der Waals surface area contributed by atoms with Gasteiger partial charge in [-0.25, -0.2) is 0 Å². The van der Waals surface area contributed by atoms with E-state index in [0.717, 1.165) is 25.7 Å². The van der Waals surface area contributed by atoms with Gasteiger partial charge < -0.3 is 11.1 Å². The van der Waals surface area contributed by atoms with Gasteiger partial charge >= 0.3 is 11.8 Å². The van der Waals surface area contributed by atoms with E-state index in [0.29, 0.717) is 11.3 Å². The quantitative estimate of drug-likeness (QED) is 0.659. The van der Waals surface area contributed by atoms with Gasteiger partial charge in [0.2, 0.25) is 0 Å². The van der Waals surface area contributed by atoms with Crippen molar-refractivity contribution in [1.82, 2.24) is 5.32 Å². The molecule has 1 saturated carbocycles. The summed E-state index contributed by atoms with van der Waals surface area (Å²) in [6.45, 7) is 6.75. The highest BCUT2D eigenvalue weighted by atomic mass is 16.2. The predicted octanol–water partition coefficient (Wildman–Crippen LogP) is 1.19. The van der Waals surface area contributed by atoms with Gasteiger partial charge in [0, 0.05) is 6.04 Å². The van der Waals surface area contributed by atoms with E-state index in [9.17, 15) is 9.59 Å². The molecule has 1 aliphatic carbocycles. The molecule has 0 saturated heterocycles. The summed E-state index contributed by atoms with van der Waals surface area (Å²) in [5, 5.41) is 2.68. The lowest BCUT2D eigenvalue weighted by Gasteiger charge is -2.37. The van der Waals surface area contributed by atoms with Crippen LogP contribution in [0.25, 0.3) is 0 Å². The smallest absolute Gasteiger partial charge is 0.309 e. The Balaban J connectivity index is 2.38. The lowest BCUT2D eigenvalue weighted by molar-refractivity contribution is -0.137. The third-order valence-electron chi connectivity index (χ3n) is 3.51. The summed E-state index contributed by atoms with van der Waals surface area (Å²) < 4.78 is 0. The Morgan fingerprint density at radius 1 is 1.12 bits per heavy atom. The monoisotopic (exact) mass is 226 g/mol. The van der Waals surface area contributed by atoms with E-state index in [4.69, 9.17) is 5.73 Å². The number of hydrogen-bond donors (Lipinski definition) is 2. The van der Waals surface area contributed by atoms with Crippen LogP contribution >= 0.6 is 0 Å². The summed E-state index contributed by atoms with van der Waals surface area (Å²) >= 11 is 0. The Morgan fingerprint density at radius 3 is 2.00 bits per heavy atom. The van der Waals surface area contributed by atoms with Crippen LogP contribution in [0.5, 0.6) is 0 Å². The molecule has 0 unspecified atom stereocenters. The van der Waals surface area contributed by atoms with Crippen molar-refractivity contribution >= 4 is 11.8 Å². The number of nitrogens with two attached hydrogens (primary N) is 1. The predicted molar refractivity (Wildman–Crippen MR) is 62.5 cm³/mol. The van der Waals surface area contributed by atoms with Crippen molar-refractivity contribution in [3.63, 3.8) is 0 Å². The van der Waals surface area contributed by atoms with Crippen LogP contribution in [0.15, 0.2) is 0 Å². The SMILES string of the molecule is CC(C)(C)C1CCC(NC(=O)C(N)=O)CC1. The summed E-state index contributed by atoms with van der Waals surface area (Å²) in [5.74, 6) is -0.841. The van der Waals surface area contributed by atoms with Gasteiger partial charge in [0.15, 0.2) is 0 Å². The molecule has 1 aliphatic rings. The van der Waals surface area contributed by atoms with E-state index in [1.807, 2.05) is 0 Å². The number of hydrogen-bond acceptors (Lipinski definition) is 2. The molecule has 4 heteroatoms. The van der Waals surface area contributed by atoms with Gasteiger partial charge in [0.1, 0.15) is 0 Å². The molecule has 0 aromatic carbocycles. The molecule has 0 aromatic heterocycles. The molecule has 2 amide bonds. The molecule has 92 valence electrons. The third-order valence-corrected chi connectivity index (χ3v) is 3.51. The zero-order chi connectivity index (χ0) is 12.3. The van der Waals surface area contributed by atoms with Gasteiger partial charge in [0.25, 0.3) is 0 Å². The standard InChI is InChI=1S/C12H22N2O2/c1-12(2,3)8-4-6-9(7-5-8)14-11(16)10(13)15/h8-9H,4-7H2,1-3H3,(H2,13,15)(H,14,16). The number of carbonyl (C=O) groups is 2. The van der Waals surface area contributed by atoms with Crippen molar-refractivity contribution in [2.45, 2.75) is 52.5 Å². The molecule has 4 nitrogen and oxygen atoms in total. The van der Waals surface area contributed by atoms with E-state index in [-0.39, 0.29) is 6.04 Å². The van der Waals surface area contributed by atoms with Crippen LogP contribution in [0.4, 0.5) is 0 Å². The van der Waals surface area contributed by atoms with Crippen LogP contribution in [0.3, 0.4) is 0 Å². The molecule has 0 spiro atoms. The Bertz CT molecular complexity index is 273. The number of primary amides is 1. The van der Waals surface area contributed by atoms with Gasteiger partial charge in [0.05, 0.1) is 0 Å². The maximum Gasteiger partial charge on any atom is 0.309 e. The summed E-state index contributed by atoms with van der Waals surface area (Å²) in [6, 6.07) is 0.124. The summed E-state index contributed by atoms with van der Waals surface area (Å²) in [4.78, 5) is 21.7. The lowest BCUT2D eigenvalue weighted by atomic mass is 9.71. The highest BCUT2D eigenvalue weighted by Gasteiger charge is 2.30. The van der Waals surface area contributed by atoms with Crippen LogP contribution in [0, 0.1) is 11.3 Å².